The summed E-state index contributed by atoms with van der Waals surface area (Å²) in [5, 5.41) is 5.70. The van der Waals surface area contributed by atoms with Gasteiger partial charge in [0.1, 0.15) is 0 Å². The predicted octanol–water partition coefficient (Wildman–Crippen LogP) is 3.06. The van der Waals surface area contributed by atoms with Crippen LogP contribution in [-0.2, 0) is 4.79 Å². The molecule has 0 aliphatic carbocycles. The Morgan fingerprint density at radius 3 is 2.76 bits per heavy atom. The van der Waals surface area contributed by atoms with Crippen molar-refractivity contribution in [3.8, 4) is 5.69 Å². The van der Waals surface area contributed by atoms with Gasteiger partial charge >= 0.3 is 6.03 Å². The first-order valence-corrected chi connectivity index (χ1v) is 9.17. The van der Waals surface area contributed by atoms with E-state index in [1.165, 1.54) is 11.8 Å². The zero-order valence-electron chi connectivity index (χ0n) is 15.0. The molecule has 0 aliphatic heterocycles. The second kappa shape index (κ2) is 8.71. The second-order valence-electron chi connectivity index (χ2n) is 6.31. The van der Waals surface area contributed by atoms with Crippen LogP contribution in [0.15, 0.2) is 35.7 Å². The second-order valence-corrected chi connectivity index (χ2v) is 7.25. The zero-order valence-corrected chi connectivity index (χ0v) is 15.8. The smallest absolute Gasteiger partial charge is 0.321 e. The first-order valence-electron chi connectivity index (χ1n) is 8.18. The van der Waals surface area contributed by atoms with Gasteiger partial charge in [-0.1, -0.05) is 37.7 Å². The van der Waals surface area contributed by atoms with E-state index < -0.39 is 6.03 Å². The van der Waals surface area contributed by atoms with Crippen LogP contribution in [-0.4, -0.2) is 33.8 Å². The number of nitrogens with zero attached hydrogens (tertiary/aromatic N) is 2. The van der Waals surface area contributed by atoms with E-state index in [1.54, 1.807) is 6.20 Å². The van der Waals surface area contributed by atoms with Crippen molar-refractivity contribution in [2.45, 2.75) is 32.9 Å². The van der Waals surface area contributed by atoms with Gasteiger partial charge in [0.2, 0.25) is 5.91 Å². The maximum atomic E-state index is 11.9. The number of carbonyl (C=O) groups excluding carboxylic acids is 2. The Kier molecular flexibility index (Phi) is 6.64. The molecule has 6 nitrogen and oxygen atoms in total. The highest BCUT2D eigenvalue weighted by molar-refractivity contribution is 7.99. The third kappa shape index (κ3) is 5.63. The number of rotatable bonds is 6. The molecule has 0 unspecified atom stereocenters. The maximum Gasteiger partial charge on any atom is 0.321 e. The summed E-state index contributed by atoms with van der Waals surface area (Å²) in [5.74, 6) is 0.110. The molecule has 2 rings (SSSR count). The molecule has 2 N–H and O–H groups in total. The SMILES string of the molecule is Cc1ccc(C)c(-n2ccnc2SCC(=O)NC(=O)NCC(C)C)c1. The number of aromatic nitrogens is 2. The molecule has 7 heteroatoms. The fraction of sp³-hybridized carbons (Fsp3) is 0.389. The number of benzene rings is 1. The molecule has 0 radical (unpaired) electrons. The van der Waals surface area contributed by atoms with Crippen molar-refractivity contribution in [3.63, 3.8) is 0 Å². The summed E-state index contributed by atoms with van der Waals surface area (Å²) < 4.78 is 1.96. The molecule has 3 amide bonds. The molecule has 0 fully saturated rings. The number of thioether (sulfide) groups is 1. The normalized spacial score (nSPS) is 10.8. The van der Waals surface area contributed by atoms with E-state index in [1.807, 2.05) is 38.5 Å². The highest BCUT2D eigenvalue weighted by atomic mass is 32.2. The molecule has 1 aromatic carbocycles. The molecule has 0 saturated carbocycles. The molecule has 25 heavy (non-hydrogen) atoms. The lowest BCUT2D eigenvalue weighted by molar-refractivity contribution is -0.117. The van der Waals surface area contributed by atoms with Crippen LogP contribution in [0.5, 0.6) is 0 Å². The number of aryl methyl sites for hydroxylation is 2. The first-order chi connectivity index (χ1) is 11.9. The standard InChI is InChI=1S/C18H24N4O2S/c1-12(2)10-20-17(24)21-16(23)11-25-18-19-7-8-22(18)15-9-13(3)5-6-14(15)4/h5-9,12H,10-11H2,1-4H3,(H2,20,21,23,24). The molecule has 2 aromatic rings. The molecule has 1 heterocycles. The summed E-state index contributed by atoms with van der Waals surface area (Å²) in [4.78, 5) is 27.9. The lowest BCUT2D eigenvalue weighted by Gasteiger charge is -2.11. The molecular weight excluding hydrogens is 336 g/mol. The number of imide groups is 1. The Hall–Kier alpha value is -2.28. The van der Waals surface area contributed by atoms with E-state index in [2.05, 4.69) is 33.8 Å². The van der Waals surface area contributed by atoms with Crippen molar-refractivity contribution in [1.29, 1.82) is 0 Å². The van der Waals surface area contributed by atoms with E-state index in [4.69, 9.17) is 0 Å². The number of nitrogens with one attached hydrogen (secondary N) is 2. The van der Waals surface area contributed by atoms with Crippen LogP contribution < -0.4 is 10.6 Å². The highest BCUT2D eigenvalue weighted by Gasteiger charge is 2.12. The van der Waals surface area contributed by atoms with Crippen LogP contribution in [0.3, 0.4) is 0 Å². The highest BCUT2D eigenvalue weighted by Crippen LogP contribution is 2.23. The average molecular weight is 360 g/mol. The van der Waals surface area contributed by atoms with Crippen LogP contribution in [0.1, 0.15) is 25.0 Å². The van der Waals surface area contributed by atoms with Crippen LogP contribution in [0, 0.1) is 19.8 Å². The van der Waals surface area contributed by atoms with Gasteiger partial charge in [0.05, 0.1) is 11.4 Å². The van der Waals surface area contributed by atoms with Crippen LogP contribution in [0.25, 0.3) is 5.69 Å². The topological polar surface area (TPSA) is 76.0 Å². The van der Waals surface area contributed by atoms with E-state index in [9.17, 15) is 9.59 Å². The van der Waals surface area contributed by atoms with Crippen molar-refractivity contribution in [1.82, 2.24) is 20.2 Å². The maximum absolute atomic E-state index is 11.9. The van der Waals surface area contributed by atoms with E-state index in [0.717, 1.165) is 16.8 Å². The van der Waals surface area contributed by atoms with Crippen LogP contribution in [0.2, 0.25) is 0 Å². The lowest BCUT2D eigenvalue weighted by Crippen LogP contribution is -2.41. The number of carbonyl (C=O) groups is 2. The quantitative estimate of drug-likeness (QED) is 0.776. The fourth-order valence-corrected chi connectivity index (χ4v) is 2.96. The van der Waals surface area contributed by atoms with Crippen LogP contribution >= 0.6 is 11.8 Å². The summed E-state index contributed by atoms with van der Waals surface area (Å²) in [6, 6.07) is 5.74. The molecule has 0 spiro atoms. The van der Waals surface area contributed by atoms with Gasteiger partial charge in [-0.25, -0.2) is 9.78 Å². The van der Waals surface area contributed by atoms with E-state index in [-0.39, 0.29) is 11.7 Å². The molecule has 0 saturated heterocycles. The van der Waals surface area contributed by atoms with Crippen LogP contribution in [0.4, 0.5) is 4.79 Å². The summed E-state index contributed by atoms with van der Waals surface area (Å²) in [5.41, 5.74) is 3.32. The largest absolute Gasteiger partial charge is 0.338 e. The van der Waals surface area contributed by atoms with Crippen molar-refractivity contribution in [2.75, 3.05) is 12.3 Å². The van der Waals surface area contributed by atoms with Gasteiger partial charge < -0.3 is 5.32 Å². The Bertz CT molecular complexity index is 755. The minimum absolute atomic E-state index is 0.122. The van der Waals surface area contributed by atoms with Gasteiger partial charge in [0.25, 0.3) is 0 Å². The summed E-state index contributed by atoms with van der Waals surface area (Å²) in [6.45, 7) is 8.59. The van der Waals surface area contributed by atoms with Gasteiger partial charge in [0.15, 0.2) is 5.16 Å². The summed E-state index contributed by atoms with van der Waals surface area (Å²) >= 11 is 1.30. The first kappa shape index (κ1) is 19.1. The fourth-order valence-electron chi connectivity index (χ4n) is 2.19. The molecule has 1 aromatic heterocycles. The Labute approximate surface area is 152 Å². The minimum Gasteiger partial charge on any atom is -0.338 e. The molecule has 134 valence electrons. The van der Waals surface area contributed by atoms with Crippen molar-refractivity contribution in [2.24, 2.45) is 5.92 Å². The minimum atomic E-state index is -0.461. The van der Waals surface area contributed by atoms with Gasteiger partial charge in [-0.3, -0.25) is 14.7 Å². The van der Waals surface area contributed by atoms with E-state index in [0.29, 0.717) is 17.6 Å². The van der Waals surface area contributed by atoms with E-state index >= 15 is 0 Å². The monoisotopic (exact) mass is 360 g/mol. The Balaban J connectivity index is 1.96. The Morgan fingerprint density at radius 1 is 1.28 bits per heavy atom. The zero-order chi connectivity index (χ0) is 18.4. The lowest BCUT2D eigenvalue weighted by atomic mass is 10.1. The van der Waals surface area contributed by atoms with Crippen molar-refractivity contribution in [3.05, 3.63) is 41.7 Å². The molecule has 0 aliphatic rings. The number of amides is 3. The van der Waals surface area contributed by atoms with Gasteiger partial charge in [-0.15, -0.1) is 0 Å². The average Bonchev–Trinajstić information content (AvgIpc) is 3.01. The van der Waals surface area contributed by atoms with Crippen molar-refractivity contribution < 1.29 is 9.59 Å². The van der Waals surface area contributed by atoms with Gasteiger partial charge in [-0.05, 0) is 37.0 Å². The predicted molar refractivity (Wildman–Crippen MR) is 100 cm³/mol. The summed E-state index contributed by atoms with van der Waals surface area (Å²) in [6.07, 6.45) is 3.58. The summed E-state index contributed by atoms with van der Waals surface area (Å²) in [7, 11) is 0. The third-order valence-corrected chi connectivity index (χ3v) is 4.45. The van der Waals surface area contributed by atoms with Gasteiger partial charge in [-0.2, -0.15) is 0 Å². The molecule has 0 atom stereocenters. The van der Waals surface area contributed by atoms with Gasteiger partial charge in [0, 0.05) is 18.9 Å². The molecule has 0 bridgehead atoms. The third-order valence-electron chi connectivity index (χ3n) is 3.49. The number of hydrogen-bond acceptors (Lipinski definition) is 4. The Morgan fingerprint density at radius 2 is 2.04 bits per heavy atom. The van der Waals surface area contributed by atoms with Crippen molar-refractivity contribution >= 4 is 23.7 Å². The molecular formula is C18H24N4O2S. The number of urea groups is 1. The number of imidazole rings is 1. The number of hydrogen-bond donors (Lipinski definition) is 2.